The van der Waals surface area contributed by atoms with E-state index >= 15 is 0 Å². The molecule has 108 valence electrons. The third-order valence-corrected chi connectivity index (χ3v) is 4.87. The number of nitrogens with one attached hydrogen (secondary N) is 1. The zero-order valence-electron chi connectivity index (χ0n) is 12.0. The number of halogens is 1. The van der Waals surface area contributed by atoms with Crippen LogP contribution in [0.2, 0.25) is 0 Å². The summed E-state index contributed by atoms with van der Waals surface area (Å²) in [5, 5.41) is 2.93. The largest absolute Gasteiger partial charge is 0.340 e. The maximum Gasteiger partial charge on any atom is 0.249 e. The van der Waals surface area contributed by atoms with Gasteiger partial charge in [-0.3, -0.25) is 9.59 Å². The van der Waals surface area contributed by atoms with Crippen LogP contribution in [0, 0.1) is 5.92 Å². The van der Waals surface area contributed by atoms with E-state index in [9.17, 15) is 14.0 Å². The standard InChI is InChI=1S/C14H23FN2O2/c1-4-14(5-2)11(18)16-13(3,10-6-7-10)12(19)17(14)9-8-15/h10H,4-9H2,1-3H3,(H,16,18). The molecule has 4 nitrogen and oxygen atoms in total. The van der Waals surface area contributed by atoms with Crippen LogP contribution < -0.4 is 5.32 Å². The van der Waals surface area contributed by atoms with Gasteiger partial charge in [-0.2, -0.15) is 0 Å². The lowest BCUT2D eigenvalue weighted by atomic mass is 9.80. The highest BCUT2D eigenvalue weighted by Crippen LogP contribution is 2.44. The van der Waals surface area contributed by atoms with Crippen molar-refractivity contribution in [2.75, 3.05) is 13.2 Å². The van der Waals surface area contributed by atoms with E-state index in [0.717, 1.165) is 12.8 Å². The molecule has 2 aliphatic rings. The second-order valence-electron chi connectivity index (χ2n) is 5.82. The van der Waals surface area contributed by atoms with Crippen LogP contribution in [-0.2, 0) is 9.59 Å². The van der Waals surface area contributed by atoms with E-state index in [2.05, 4.69) is 5.32 Å². The van der Waals surface area contributed by atoms with Crippen LogP contribution in [0.4, 0.5) is 4.39 Å². The van der Waals surface area contributed by atoms with Crippen molar-refractivity contribution < 1.29 is 14.0 Å². The molecule has 0 bridgehead atoms. The van der Waals surface area contributed by atoms with Gasteiger partial charge >= 0.3 is 0 Å². The predicted molar refractivity (Wildman–Crippen MR) is 70.3 cm³/mol. The van der Waals surface area contributed by atoms with Crippen molar-refractivity contribution in [3.05, 3.63) is 0 Å². The van der Waals surface area contributed by atoms with Crippen LogP contribution in [0.3, 0.4) is 0 Å². The lowest BCUT2D eigenvalue weighted by molar-refractivity contribution is -0.164. The fourth-order valence-corrected chi connectivity index (χ4v) is 3.29. The first-order valence-electron chi connectivity index (χ1n) is 7.17. The summed E-state index contributed by atoms with van der Waals surface area (Å²) in [6, 6.07) is 0. The van der Waals surface area contributed by atoms with Gasteiger partial charge in [-0.1, -0.05) is 13.8 Å². The minimum absolute atomic E-state index is 0.0102. The van der Waals surface area contributed by atoms with Gasteiger partial charge in [0, 0.05) is 0 Å². The summed E-state index contributed by atoms with van der Waals surface area (Å²) < 4.78 is 12.8. The Bertz CT molecular complexity index is 391. The average molecular weight is 270 g/mol. The van der Waals surface area contributed by atoms with Crippen molar-refractivity contribution in [2.24, 2.45) is 5.92 Å². The number of carbonyl (C=O) groups excluding carboxylic acids is 2. The van der Waals surface area contributed by atoms with E-state index < -0.39 is 17.8 Å². The number of hydrogen-bond donors (Lipinski definition) is 1. The Kier molecular flexibility index (Phi) is 3.58. The molecule has 1 unspecified atom stereocenters. The lowest BCUT2D eigenvalue weighted by Gasteiger charge is -2.51. The highest BCUT2D eigenvalue weighted by molar-refractivity contribution is 6.02. The third kappa shape index (κ3) is 1.94. The number of carbonyl (C=O) groups is 2. The highest BCUT2D eigenvalue weighted by Gasteiger charge is 2.59. The average Bonchev–Trinajstić information content (AvgIpc) is 3.22. The third-order valence-electron chi connectivity index (χ3n) is 4.87. The predicted octanol–water partition coefficient (Wildman–Crippen LogP) is 1.64. The summed E-state index contributed by atoms with van der Waals surface area (Å²) >= 11 is 0. The summed E-state index contributed by atoms with van der Waals surface area (Å²) in [6.07, 6.45) is 2.94. The Morgan fingerprint density at radius 3 is 2.32 bits per heavy atom. The molecule has 1 N–H and O–H groups in total. The summed E-state index contributed by atoms with van der Waals surface area (Å²) in [4.78, 5) is 26.8. The van der Waals surface area contributed by atoms with Crippen LogP contribution in [-0.4, -0.2) is 41.0 Å². The van der Waals surface area contributed by atoms with E-state index in [-0.39, 0.29) is 24.3 Å². The number of nitrogens with zero attached hydrogens (tertiary/aromatic N) is 1. The quantitative estimate of drug-likeness (QED) is 0.825. The van der Waals surface area contributed by atoms with Gasteiger partial charge in [0.25, 0.3) is 0 Å². The first kappa shape index (κ1) is 14.3. The van der Waals surface area contributed by atoms with Crippen LogP contribution in [0.1, 0.15) is 46.5 Å². The molecule has 1 saturated carbocycles. The zero-order valence-corrected chi connectivity index (χ0v) is 12.0. The molecule has 0 aromatic carbocycles. The summed E-state index contributed by atoms with van der Waals surface area (Å²) in [7, 11) is 0. The minimum Gasteiger partial charge on any atom is -0.340 e. The van der Waals surface area contributed by atoms with Crippen molar-refractivity contribution in [3.8, 4) is 0 Å². The van der Waals surface area contributed by atoms with Crippen molar-refractivity contribution in [1.29, 1.82) is 0 Å². The maximum atomic E-state index is 12.8. The van der Waals surface area contributed by atoms with Crippen molar-refractivity contribution in [1.82, 2.24) is 10.2 Å². The Morgan fingerprint density at radius 1 is 1.32 bits per heavy atom. The summed E-state index contributed by atoms with van der Waals surface area (Å²) in [6.45, 7) is 4.94. The number of rotatable bonds is 5. The van der Waals surface area contributed by atoms with Crippen molar-refractivity contribution in [3.63, 3.8) is 0 Å². The number of piperazine rings is 1. The van der Waals surface area contributed by atoms with Crippen LogP contribution >= 0.6 is 0 Å². The van der Waals surface area contributed by atoms with Crippen LogP contribution in [0.25, 0.3) is 0 Å². The molecule has 0 radical (unpaired) electrons. The molecular weight excluding hydrogens is 247 g/mol. The molecular formula is C14H23FN2O2. The van der Waals surface area contributed by atoms with Gasteiger partial charge in [-0.05, 0) is 38.5 Å². The second kappa shape index (κ2) is 4.76. The summed E-state index contributed by atoms with van der Waals surface area (Å²) in [5.74, 6) is -0.0336. The molecule has 1 heterocycles. The van der Waals surface area contributed by atoms with Gasteiger partial charge in [-0.25, -0.2) is 4.39 Å². The van der Waals surface area contributed by atoms with Gasteiger partial charge < -0.3 is 10.2 Å². The Labute approximate surface area is 113 Å². The van der Waals surface area contributed by atoms with Gasteiger partial charge in [0.2, 0.25) is 11.8 Å². The van der Waals surface area contributed by atoms with Gasteiger partial charge in [0.1, 0.15) is 17.8 Å². The van der Waals surface area contributed by atoms with Gasteiger partial charge in [-0.15, -0.1) is 0 Å². The molecule has 2 fully saturated rings. The van der Waals surface area contributed by atoms with E-state index in [1.807, 2.05) is 13.8 Å². The SMILES string of the molecule is CCC1(CC)C(=O)NC(C)(C2CC2)C(=O)N1CCF. The molecule has 0 aromatic rings. The second-order valence-corrected chi connectivity index (χ2v) is 5.82. The fourth-order valence-electron chi connectivity index (χ4n) is 3.29. The van der Waals surface area contributed by atoms with Crippen molar-refractivity contribution >= 4 is 11.8 Å². The van der Waals surface area contributed by atoms with E-state index in [0.29, 0.717) is 12.8 Å². The fraction of sp³-hybridized carbons (Fsp3) is 0.857. The Hall–Kier alpha value is -1.13. The highest BCUT2D eigenvalue weighted by atomic mass is 19.1. The first-order chi connectivity index (χ1) is 8.96. The number of hydrogen-bond acceptors (Lipinski definition) is 2. The molecule has 1 atom stereocenters. The van der Waals surface area contributed by atoms with Gasteiger partial charge in [0.15, 0.2) is 0 Å². The molecule has 0 aromatic heterocycles. The Morgan fingerprint density at radius 2 is 1.89 bits per heavy atom. The maximum absolute atomic E-state index is 12.8. The topological polar surface area (TPSA) is 49.4 Å². The lowest BCUT2D eigenvalue weighted by Crippen LogP contribution is -2.75. The Balaban J connectivity index is 2.39. The normalized spacial score (nSPS) is 30.4. The monoisotopic (exact) mass is 270 g/mol. The molecule has 19 heavy (non-hydrogen) atoms. The van der Waals surface area contributed by atoms with E-state index in [4.69, 9.17) is 0 Å². The number of amides is 2. The first-order valence-corrected chi connectivity index (χ1v) is 7.17. The van der Waals surface area contributed by atoms with Crippen LogP contribution in [0.15, 0.2) is 0 Å². The summed E-state index contributed by atoms with van der Waals surface area (Å²) in [5.41, 5.74) is -1.71. The molecule has 2 rings (SSSR count). The smallest absolute Gasteiger partial charge is 0.249 e. The molecule has 5 heteroatoms. The minimum atomic E-state index is -0.877. The van der Waals surface area contributed by atoms with Gasteiger partial charge in [0.05, 0.1) is 6.54 Å². The molecule has 1 saturated heterocycles. The van der Waals surface area contributed by atoms with E-state index in [1.54, 1.807) is 6.92 Å². The van der Waals surface area contributed by atoms with Crippen LogP contribution in [0.5, 0.6) is 0 Å². The molecule has 2 amide bonds. The molecule has 0 spiro atoms. The van der Waals surface area contributed by atoms with E-state index in [1.165, 1.54) is 4.90 Å². The molecule has 1 aliphatic carbocycles. The van der Waals surface area contributed by atoms with Crippen molar-refractivity contribution in [2.45, 2.75) is 57.5 Å². The molecule has 1 aliphatic heterocycles. The number of alkyl halides is 1. The zero-order chi connectivity index (χ0) is 14.3.